The van der Waals surface area contributed by atoms with E-state index < -0.39 is 11.7 Å². The largest absolute Gasteiger partial charge is 0.416 e. The van der Waals surface area contributed by atoms with Gasteiger partial charge in [0.25, 0.3) is 0 Å². The van der Waals surface area contributed by atoms with Crippen LogP contribution in [-0.2, 0) is 17.4 Å². The molecule has 0 aromatic heterocycles. The third-order valence-corrected chi connectivity index (χ3v) is 2.10. The Bertz CT molecular complexity index is 341. The molecular weight excluding hydrogens is 231 g/mol. The third kappa shape index (κ3) is 3.37. The number of hydrogen-bond acceptors (Lipinski definition) is 2. The average molecular weight is 240 g/mol. The molecule has 0 saturated heterocycles. The van der Waals surface area contributed by atoms with Gasteiger partial charge in [-0.3, -0.25) is 0 Å². The highest BCUT2D eigenvalue weighted by Crippen LogP contribution is 2.33. The molecule has 1 aromatic rings. The Morgan fingerprint density at radius 2 is 2.00 bits per heavy atom. The molecule has 0 atom stereocenters. The maximum atomic E-state index is 12.5. The van der Waals surface area contributed by atoms with Crippen molar-refractivity contribution in [2.24, 2.45) is 5.90 Å². The molecule has 0 fully saturated rings. The Balaban J connectivity index is 3.04. The lowest BCUT2D eigenvalue weighted by Crippen LogP contribution is -2.12. The number of halogens is 4. The van der Waals surface area contributed by atoms with E-state index in [1.807, 2.05) is 0 Å². The van der Waals surface area contributed by atoms with E-state index in [9.17, 15) is 13.2 Å². The number of nitrogens with two attached hydrogens (primary N) is 1. The van der Waals surface area contributed by atoms with E-state index in [4.69, 9.17) is 17.5 Å². The van der Waals surface area contributed by atoms with E-state index in [0.29, 0.717) is 0 Å². The molecule has 6 heteroatoms. The fourth-order valence-electron chi connectivity index (χ4n) is 1.20. The predicted molar refractivity (Wildman–Crippen MR) is 50.3 cm³/mol. The van der Waals surface area contributed by atoms with Crippen LogP contribution in [0, 0.1) is 0 Å². The summed E-state index contributed by atoms with van der Waals surface area (Å²) in [4.78, 5) is 4.24. The number of hydrogen-bond donors (Lipinski definition) is 1. The van der Waals surface area contributed by atoms with Gasteiger partial charge >= 0.3 is 6.18 Å². The molecule has 0 bridgehead atoms. The summed E-state index contributed by atoms with van der Waals surface area (Å²) in [7, 11) is 0. The van der Waals surface area contributed by atoms with Crippen LogP contribution in [0.2, 0.25) is 5.02 Å². The molecule has 2 nitrogen and oxygen atoms in total. The second-order valence-corrected chi connectivity index (χ2v) is 3.36. The van der Waals surface area contributed by atoms with Crippen molar-refractivity contribution in [1.29, 1.82) is 0 Å². The van der Waals surface area contributed by atoms with Crippen molar-refractivity contribution in [2.75, 3.05) is 6.61 Å². The fraction of sp³-hybridized carbons (Fsp3) is 0.333. The maximum absolute atomic E-state index is 12.5. The summed E-state index contributed by atoms with van der Waals surface area (Å²) >= 11 is 5.50. The average Bonchev–Trinajstić information content (AvgIpc) is 2.14. The lowest BCUT2D eigenvalue weighted by atomic mass is 10.0. The Morgan fingerprint density at radius 1 is 1.33 bits per heavy atom. The first-order valence-electron chi connectivity index (χ1n) is 4.12. The van der Waals surface area contributed by atoms with E-state index in [-0.39, 0.29) is 23.6 Å². The third-order valence-electron chi connectivity index (χ3n) is 1.87. The molecule has 0 radical (unpaired) electrons. The highest BCUT2D eigenvalue weighted by Gasteiger charge is 2.33. The van der Waals surface area contributed by atoms with Crippen LogP contribution in [0.3, 0.4) is 0 Å². The first kappa shape index (κ1) is 12.3. The predicted octanol–water partition coefficient (Wildman–Crippen LogP) is 2.79. The molecule has 0 unspecified atom stereocenters. The van der Waals surface area contributed by atoms with E-state index >= 15 is 0 Å². The SMILES string of the molecule is NOCCc1ccc(Cl)cc1C(F)(F)F. The summed E-state index contributed by atoms with van der Waals surface area (Å²) in [6, 6.07) is 3.63. The summed E-state index contributed by atoms with van der Waals surface area (Å²) in [5.41, 5.74) is -0.621. The molecule has 0 aliphatic rings. The van der Waals surface area contributed by atoms with Crippen molar-refractivity contribution in [2.45, 2.75) is 12.6 Å². The quantitative estimate of drug-likeness (QED) is 0.824. The minimum Gasteiger partial charge on any atom is -0.304 e. The first-order chi connectivity index (χ1) is 6.95. The number of benzene rings is 1. The highest BCUT2D eigenvalue weighted by molar-refractivity contribution is 6.30. The molecular formula is C9H9ClF3NO. The number of rotatable bonds is 3. The lowest BCUT2D eigenvalue weighted by molar-refractivity contribution is -0.138. The van der Waals surface area contributed by atoms with Gasteiger partial charge in [0.1, 0.15) is 0 Å². The van der Waals surface area contributed by atoms with Crippen molar-refractivity contribution < 1.29 is 18.0 Å². The summed E-state index contributed by atoms with van der Waals surface area (Å²) in [6.45, 7) is 0.0325. The van der Waals surface area contributed by atoms with Gasteiger partial charge in [-0.2, -0.15) is 13.2 Å². The summed E-state index contributed by atoms with van der Waals surface area (Å²) < 4.78 is 37.6. The minimum absolute atomic E-state index is 0.0325. The molecule has 0 saturated carbocycles. The van der Waals surface area contributed by atoms with Crippen molar-refractivity contribution >= 4 is 11.6 Å². The molecule has 84 valence electrons. The zero-order valence-electron chi connectivity index (χ0n) is 7.64. The van der Waals surface area contributed by atoms with E-state index in [2.05, 4.69) is 4.84 Å². The van der Waals surface area contributed by atoms with E-state index in [1.54, 1.807) is 0 Å². The van der Waals surface area contributed by atoms with Crippen LogP contribution in [0.1, 0.15) is 11.1 Å². The smallest absolute Gasteiger partial charge is 0.304 e. The van der Waals surface area contributed by atoms with Crippen LogP contribution in [0.15, 0.2) is 18.2 Å². The standard InChI is InChI=1S/C9H9ClF3NO/c10-7-2-1-6(3-4-15-14)8(5-7)9(11,12)13/h1-2,5H,3-4,14H2. The van der Waals surface area contributed by atoms with Gasteiger partial charge in [-0.1, -0.05) is 17.7 Å². The normalized spacial score (nSPS) is 11.8. The Kier molecular flexibility index (Phi) is 3.96. The molecule has 1 aromatic carbocycles. The van der Waals surface area contributed by atoms with Crippen molar-refractivity contribution in [3.8, 4) is 0 Å². The van der Waals surface area contributed by atoms with Crippen LogP contribution in [0.5, 0.6) is 0 Å². The van der Waals surface area contributed by atoms with Crippen LogP contribution in [-0.4, -0.2) is 6.61 Å². The topological polar surface area (TPSA) is 35.2 Å². The molecule has 0 amide bonds. The van der Waals surface area contributed by atoms with Gasteiger partial charge in [-0.25, -0.2) is 5.90 Å². The monoisotopic (exact) mass is 239 g/mol. The Hall–Kier alpha value is -0.780. The molecule has 15 heavy (non-hydrogen) atoms. The van der Waals surface area contributed by atoms with Crippen molar-refractivity contribution in [3.63, 3.8) is 0 Å². The fourth-order valence-corrected chi connectivity index (χ4v) is 1.37. The Labute approximate surface area is 89.7 Å². The van der Waals surface area contributed by atoms with Crippen LogP contribution in [0.4, 0.5) is 13.2 Å². The van der Waals surface area contributed by atoms with Crippen LogP contribution in [0.25, 0.3) is 0 Å². The second-order valence-electron chi connectivity index (χ2n) is 2.92. The zero-order valence-corrected chi connectivity index (χ0v) is 8.40. The first-order valence-corrected chi connectivity index (χ1v) is 4.50. The van der Waals surface area contributed by atoms with Crippen LogP contribution >= 0.6 is 11.6 Å². The molecule has 0 aliphatic carbocycles. The van der Waals surface area contributed by atoms with Gasteiger partial charge < -0.3 is 4.84 Å². The molecule has 0 spiro atoms. The minimum atomic E-state index is -4.41. The highest BCUT2D eigenvalue weighted by atomic mass is 35.5. The van der Waals surface area contributed by atoms with E-state index in [1.165, 1.54) is 12.1 Å². The second kappa shape index (κ2) is 4.83. The summed E-state index contributed by atoms with van der Waals surface area (Å²) in [5, 5.41) is 0.0553. The van der Waals surface area contributed by atoms with Gasteiger partial charge in [0.15, 0.2) is 0 Å². The molecule has 0 aliphatic heterocycles. The van der Waals surface area contributed by atoms with Gasteiger partial charge in [-0.05, 0) is 24.1 Å². The van der Waals surface area contributed by atoms with Crippen molar-refractivity contribution in [3.05, 3.63) is 34.3 Å². The summed E-state index contributed by atoms with van der Waals surface area (Å²) in [5.74, 6) is 4.76. The van der Waals surface area contributed by atoms with Gasteiger partial charge in [0.05, 0.1) is 12.2 Å². The number of alkyl halides is 3. The summed E-state index contributed by atoms with van der Waals surface area (Å²) in [6.07, 6.45) is -4.31. The zero-order chi connectivity index (χ0) is 11.5. The van der Waals surface area contributed by atoms with Gasteiger partial charge in [0, 0.05) is 5.02 Å². The molecule has 0 heterocycles. The van der Waals surface area contributed by atoms with Crippen LogP contribution < -0.4 is 5.90 Å². The molecule has 1 rings (SSSR count). The Morgan fingerprint density at radius 3 is 2.53 bits per heavy atom. The molecule has 2 N–H and O–H groups in total. The van der Waals surface area contributed by atoms with E-state index in [0.717, 1.165) is 6.07 Å². The van der Waals surface area contributed by atoms with Gasteiger partial charge in [0.2, 0.25) is 0 Å². The maximum Gasteiger partial charge on any atom is 0.416 e. The lowest BCUT2D eigenvalue weighted by Gasteiger charge is -2.12. The van der Waals surface area contributed by atoms with Crippen molar-refractivity contribution in [1.82, 2.24) is 0 Å². The van der Waals surface area contributed by atoms with Gasteiger partial charge in [-0.15, -0.1) is 0 Å².